The number of hydrogen-bond acceptors (Lipinski definition) is 7. The molecule has 1 aliphatic rings. The van der Waals surface area contributed by atoms with E-state index in [4.69, 9.17) is 26.1 Å². The minimum Gasteiger partial charge on any atom is -0.457 e. The molecule has 1 fully saturated rings. The number of aryl methyl sites for hydroxylation is 1. The van der Waals surface area contributed by atoms with Crippen molar-refractivity contribution in [2.75, 3.05) is 43.5 Å². The number of aromatic nitrogens is 3. The monoisotopic (exact) mass is 534 g/mol. The first kappa shape index (κ1) is 26.0. The highest BCUT2D eigenvalue weighted by atomic mass is 35.5. The number of halogens is 1. The van der Waals surface area contributed by atoms with Gasteiger partial charge in [-0.3, -0.25) is 9.69 Å². The Morgan fingerprint density at radius 3 is 2.68 bits per heavy atom. The minimum absolute atomic E-state index is 0.118. The fourth-order valence-corrected chi connectivity index (χ4v) is 4.71. The minimum atomic E-state index is -0.118. The van der Waals surface area contributed by atoms with Crippen molar-refractivity contribution < 1.29 is 14.3 Å². The molecule has 1 amide bonds. The average Bonchev–Trinajstić information content (AvgIpc) is 3.20. The molecule has 2 aromatic carbocycles. The molecule has 5 rings (SSSR count). The molecule has 0 radical (unpaired) electrons. The second-order valence-corrected chi connectivity index (χ2v) is 9.98. The summed E-state index contributed by atoms with van der Waals surface area (Å²) < 4.78 is 13.4. The molecule has 4 aromatic rings. The van der Waals surface area contributed by atoms with Crippen LogP contribution in [0.1, 0.15) is 25.3 Å². The molecule has 2 N–H and O–H groups in total. The highest BCUT2D eigenvalue weighted by molar-refractivity contribution is 6.31. The van der Waals surface area contributed by atoms with E-state index in [1.54, 1.807) is 18.3 Å². The summed E-state index contributed by atoms with van der Waals surface area (Å²) in [5, 5.41) is 7.01. The van der Waals surface area contributed by atoms with E-state index in [1.807, 2.05) is 41.9 Å². The predicted octanol–water partition coefficient (Wildman–Crippen LogP) is 5.55. The number of carbonyl (C=O) groups excluding carboxylic acids is 1. The number of amides is 1. The molecule has 10 heteroatoms. The third-order valence-corrected chi connectivity index (χ3v) is 6.78. The lowest BCUT2D eigenvalue weighted by molar-refractivity contribution is -0.118. The first-order valence-electron chi connectivity index (χ1n) is 12.6. The van der Waals surface area contributed by atoms with Gasteiger partial charge >= 0.3 is 0 Å². The summed E-state index contributed by atoms with van der Waals surface area (Å²) in [5.74, 6) is 2.55. The molecule has 0 atom stereocenters. The molecule has 2 aromatic heterocycles. The number of nitrogens with one attached hydrogen (secondary N) is 2. The number of rotatable bonds is 8. The van der Waals surface area contributed by atoms with Gasteiger partial charge in [0.15, 0.2) is 0 Å². The predicted molar refractivity (Wildman–Crippen MR) is 150 cm³/mol. The maximum Gasteiger partial charge on any atom is 0.239 e. The molecule has 0 saturated carbocycles. The summed E-state index contributed by atoms with van der Waals surface area (Å²) in [6.07, 6.45) is 1.61. The number of ether oxygens (including phenoxy) is 2. The molecule has 1 saturated heterocycles. The summed E-state index contributed by atoms with van der Waals surface area (Å²) >= 11 is 6.35. The molecule has 3 heterocycles. The van der Waals surface area contributed by atoms with E-state index < -0.39 is 0 Å². The standard InChI is InChI=1S/C28H31ClN6O3/c1-18(2)22-14-19(4-6-23(22)29)31-28-32-24-15-20(5-7-25(24)34(28)3)38-21-8-9-30-26(16-21)33-27(36)17-35-10-12-37-13-11-35/h4-9,14-16,18H,10-13,17H2,1-3H3,(H,31,32)(H,30,33,36). The van der Waals surface area contributed by atoms with Gasteiger partial charge in [-0.2, -0.15) is 0 Å². The van der Waals surface area contributed by atoms with Crippen molar-refractivity contribution in [2.24, 2.45) is 7.05 Å². The summed E-state index contributed by atoms with van der Waals surface area (Å²) in [6.45, 7) is 7.32. The van der Waals surface area contributed by atoms with E-state index in [-0.39, 0.29) is 5.91 Å². The average molecular weight is 535 g/mol. The number of morpholine rings is 1. The van der Waals surface area contributed by atoms with Crippen LogP contribution < -0.4 is 15.4 Å². The van der Waals surface area contributed by atoms with Gasteiger partial charge < -0.3 is 24.7 Å². The van der Waals surface area contributed by atoms with Gasteiger partial charge in [-0.15, -0.1) is 0 Å². The van der Waals surface area contributed by atoms with E-state index >= 15 is 0 Å². The van der Waals surface area contributed by atoms with E-state index in [2.05, 4.69) is 40.4 Å². The van der Waals surface area contributed by atoms with Gasteiger partial charge in [-0.1, -0.05) is 25.4 Å². The lowest BCUT2D eigenvalue weighted by Crippen LogP contribution is -2.41. The molecular weight excluding hydrogens is 504 g/mol. The summed E-state index contributed by atoms with van der Waals surface area (Å²) in [4.78, 5) is 23.5. The van der Waals surface area contributed by atoms with Gasteiger partial charge in [0.05, 0.1) is 30.8 Å². The van der Waals surface area contributed by atoms with E-state index in [9.17, 15) is 4.79 Å². The molecule has 0 aliphatic carbocycles. The Balaban J connectivity index is 1.28. The highest BCUT2D eigenvalue weighted by Gasteiger charge is 2.15. The number of hydrogen-bond donors (Lipinski definition) is 2. The first-order valence-corrected chi connectivity index (χ1v) is 13.0. The van der Waals surface area contributed by atoms with Crippen LogP contribution in [-0.2, 0) is 16.6 Å². The molecule has 198 valence electrons. The highest BCUT2D eigenvalue weighted by Crippen LogP contribution is 2.31. The van der Waals surface area contributed by atoms with Crippen molar-refractivity contribution >= 4 is 46.0 Å². The van der Waals surface area contributed by atoms with Crippen molar-refractivity contribution in [3.05, 3.63) is 65.3 Å². The van der Waals surface area contributed by atoms with E-state index in [1.165, 1.54) is 0 Å². The van der Waals surface area contributed by atoms with Gasteiger partial charge in [0.25, 0.3) is 0 Å². The molecule has 0 bridgehead atoms. The van der Waals surface area contributed by atoms with Crippen LogP contribution in [-0.4, -0.2) is 58.2 Å². The number of carbonyl (C=O) groups is 1. The zero-order valence-corrected chi connectivity index (χ0v) is 22.5. The quantitative estimate of drug-likeness (QED) is 0.306. The fraction of sp³-hybridized carbons (Fsp3) is 0.321. The van der Waals surface area contributed by atoms with Gasteiger partial charge in [0.2, 0.25) is 11.9 Å². The van der Waals surface area contributed by atoms with Gasteiger partial charge in [-0.25, -0.2) is 9.97 Å². The molecule has 38 heavy (non-hydrogen) atoms. The molecule has 9 nitrogen and oxygen atoms in total. The van der Waals surface area contributed by atoms with Gasteiger partial charge in [0.1, 0.15) is 17.3 Å². The Bertz CT molecular complexity index is 1450. The number of benzene rings is 2. The molecular formula is C28H31ClN6O3. The number of pyridine rings is 1. The summed E-state index contributed by atoms with van der Waals surface area (Å²) in [7, 11) is 1.96. The van der Waals surface area contributed by atoms with E-state index in [0.29, 0.717) is 48.9 Å². The maximum absolute atomic E-state index is 12.4. The molecule has 0 unspecified atom stereocenters. The number of nitrogens with zero attached hydrogens (tertiary/aromatic N) is 4. The van der Waals surface area contributed by atoms with Crippen molar-refractivity contribution in [1.29, 1.82) is 0 Å². The Kier molecular flexibility index (Phi) is 7.78. The third kappa shape index (κ3) is 6.07. The van der Waals surface area contributed by atoms with Crippen LogP contribution in [0.25, 0.3) is 11.0 Å². The smallest absolute Gasteiger partial charge is 0.239 e. The molecule has 1 aliphatic heterocycles. The fourth-order valence-electron chi connectivity index (χ4n) is 4.37. The Labute approximate surface area is 226 Å². The lowest BCUT2D eigenvalue weighted by atomic mass is 10.0. The van der Waals surface area contributed by atoms with Crippen molar-refractivity contribution in [3.63, 3.8) is 0 Å². The zero-order valence-electron chi connectivity index (χ0n) is 21.7. The van der Waals surface area contributed by atoms with E-state index in [0.717, 1.165) is 40.4 Å². The van der Waals surface area contributed by atoms with Crippen LogP contribution in [0.5, 0.6) is 11.5 Å². The van der Waals surface area contributed by atoms with Crippen LogP contribution >= 0.6 is 11.6 Å². The largest absolute Gasteiger partial charge is 0.457 e. The second-order valence-electron chi connectivity index (χ2n) is 9.58. The topological polar surface area (TPSA) is 93.5 Å². The van der Waals surface area contributed by atoms with Crippen molar-refractivity contribution in [2.45, 2.75) is 19.8 Å². The first-order chi connectivity index (χ1) is 18.4. The number of fused-ring (bicyclic) bond motifs is 1. The summed E-state index contributed by atoms with van der Waals surface area (Å²) in [6, 6.07) is 15.1. The SMILES string of the molecule is CC(C)c1cc(Nc2nc3cc(Oc4ccnc(NC(=O)CN5CCOCC5)c4)ccc3n2C)ccc1Cl. The van der Waals surface area contributed by atoms with Crippen LogP contribution in [0.15, 0.2) is 54.7 Å². The normalized spacial score (nSPS) is 14.1. The van der Waals surface area contributed by atoms with Crippen LogP contribution in [0.4, 0.5) is 17.5 Å². The maximum atomic E-state index is 12.4. The number of anilines is 3. The summed E-state index contributed by atoms with van der Waals surface area (Å²) in [5.41, 5.74) is 3.76. The van der Waals surface area contributed by atoms with Crippen LogP contribution in [0.2, 0.25) is 5.02 Å². The second kappa shape index (κ2) is 11.4. The van der Waals surface area contributed by atoms with Crippen molar-refractivity contribution in [3.8, 4) is 11.5 Å². The Morgan fingerprint density at radius 2 is 1.89 bits per heavy atom. The zero-order chi connectivity index (χ0) is 26.6. The third-order valence-electron chi connectivity index (χ3n) is 6.43. The number of imidazole rings is 1. The van der Waals surface area contributed by atoms with Gasteiger partial charge in [0, 0.05) is 49.2 Å². The van der Waals surface area contributed by atoms with Crippen LogP contribution in [0.3, 0.4) is 0 Å². The van der Waals surface area contributed by atoms with Crippen LogP contribution in [0, 0.1) is 0 Å². The molecule has 0 spiro atoms. The Hall–Kier alpha value is -3.66. The van der Waals surface area contributed by atoms with Gasteiger partial charge in [-0.05, 0) is 47.9 Å². The Morgan fingerprint density at radius 1 is 1.11 bits per heavy atom. The lowest BCUT2D eigenvalue weighted by Gasteiger charge is -2.25. The van der Waals surface area contributed by atoms with Crippen molar-refractivity contribution in [1.82, 2.24) is 19.4 Å².